The van der Waals surface area contributed by atoms with Crippen LogP contribution in [0.25, 0.3) is 0 Å². The van der Waals surface area contributed by atoms with E-state index in [1.807, 2.05) is 0 Å². The van der Waals surface area contributed by atoms with Gasteiger partial charge in [0.15, 0.2) is 0 Å². The zero-order valence-corrected chi connectivity index (χ0v) is 13.6. The van der Waals surface area contributed by atoms with E-state index in [-0.39, 0.29) is 0 Å². The molecule has 1 unspecified atom stereocenters. The Morgan fingerprint density at radius 2 is 2.15 bits per heavy atom. The van der Waals surface area contributed by atoms with Crippen LogP contribution in [0.4, 0.5) is 0 Å². The van der Waals surface area contributed by atoms with Crippen molar-refractivity contribution in [3.05, 3.63) is 18.0 Å². The molecule has 1 aromatic rings. The summed E-state index contributed by atoms with van der Waals surface area (Å²) >= 11 is 3.59. The van der Waals surface area contributed by atoms with E-state index in [0.717, 1.165) is 31.6 Å². The molecular formula is C15H24BrN3O. The van der Waals surface area contributed by atoms with Crippen molar-refractivity contribution in [2.24, 2.45) is 0 Å². The fourth-order valence-corrected chi connectivity index (χ4v) is 3.85. The molecule has 5 heteroatoms. The number of hydrogen-bond acceptors (Lipinski definition) is 3. The summed E-state index contributed by atoms with van der Waals surface area (Å²) < 4.78 is 7.75. The quantitative estimate of drug-likeness (QED) is 0.788. The first-order chi connectivity index (χ1) is 9.86. The summed E-state index contributed by atoms with van der Waals surface area (Å²) in [5.74, 6) is 0. The maximum absolute atomic E-state index is 5.54. The lowest BCUT2D eigenvalue weighted by atomic mass is 9.96. The lowest BCUT2D eigenvalue weighted by Gasteiger charge is -2.33. The first-order valence-corrected chi connectivity index (χ1v) is 8.91. The van der Waals surface area contributed by atoms with Crippen LogP contribution in [0.3, 0.4) is 0 Å². The molecule has 4 nitrogen and oxygen atoms in total. The molecule has 0 amide bonds. The summed E-state index contributed by atoms with van der Waals surface area (Å²) in [6, 6.07) is 3.30. The van der Waals surface area contributed by atoms with Gasteiger partial charge in [-0.25, -0.2) is 0 Å². The average Bonchev–Trinajstić information content (AvgIpc) is 2.97. The van der Waals surface area contributed by atoms with E-state index in [0.29, 0.717) is 12.1 Å². The first-order valence-electron chi connectivity index (χ1n) is 7.78. The van der Waals surface area contributed by atoms with E-state index in [9.17, 15) is 0 Å². The van der Waals surface area contributed by atoms with E-state index in [4.69, 9.17) is 9.84 Å². The Kier molecular flexibility index (Phi) is 5.13. The highest BCUT2D eigenvalue weighted by Crippen LogP contribution is 2.27. The molecule has 20 heavy (non-hydrogen) atoms. The Labute approximate surface area is 129 Å². The predicted octanol–water partition coefficient (Wildman–Crippen LogP) is 2.98. The van der Waals surface area contributed by atoms with Gasteiger partial charge in [0.05, 0.1) is 24.9 Å². The number of rotatable bonds is 4. The minimum absolute atomic E-state index is 0.476. The third-order valence-electron chi connectivity index (χ3n) is 4.51. The number of halogens is 1. The van der Waals surface area contributed by atoms with E-state index in [2.05, 4.69) is 37.8 Å². The standard InChI is InChI=1S/C15H24BrN3O/c16-10-15-12-20-9-8-18(15)11-13-6-7-19(17-13)14-4-2-1-3-5-14/h6-7,14-15H,1-5,8-12H2. The molecule has 1 saturated carbocycles. The Bertz CT molecular complexity index is 417. The van der Waals surface area contributed by atoms with Gasteiger partial charge in [-0.15, -0.1) is 0 Å². The van der Waals surface area contributed by atoms with Gasteiger partial charge in [0.1, 0.15) is 0 Å². The molecule has 1 aliphatic carbocycles. The number of morpholine rings is 1. The SMILES string of the molecule is BrCC1COCCN1Cc1ccn(C2CCCCC2)n1. The topological polar surface area (TPSA) is 30.3 Å². The first kappa shape index (κ1) is 14.5. The summed E-state index contributed by atoms with van der Waals surface area (Å²) in [4.78, 5) is 2.48. The molecule has 2 fully saturated rings. The van der Waals surface area contributed by atoms with Gasteiger partial charge in [0, 0.05) is 30.7 Å². The van der Waals surface area contributed by atoms with E-state index in [1.165, 1.54) is 37.8 Å². The molecule has 112 valence electrons. The van der Waals surface area contributed by atoms with Crippen LogP contribution in [0.1, 0.15) is 43.8 Å². The number of nitrogens with zero attached hydrogens (tertiary/aromatic N) is 3. The van der Waals surface area contributed by atoms with Crippen molar-refractivity contribution in [2.45, 2.75) is 50.7 Å². The van der Waals surface area contributed by atoms with Crippen LogP contribution >= 0.6 is 15.9 Å². The Balaban J connectivity index is 1.61. The van der Waals surface area contributed by atoms with Crippen LogP contribution in [0.5, 0.6) is 0 Å². The van der Waals surface area contributed by atoms with Crippen molar-refractivity contribution in [3.63, 3.8) is 0 Å². The zero-order chi connectivity index (χ0) is 13.8. The molecule has 1 atom stereocenters. The second-order valence-corrected chi connectivity index (χ2v) is 6.58. The van der Waals surface area contributed by atoms with Crippen LogP contribution in [0, 0.1) is 0 Å². The van der Waals surface area contributed by atoms with E-state index < -0.39 is 0 Å². The van der Waals surface area contributed by atoms with Gasteiger partial charge in [-0.2, -0.15) is 5.10 Å². The van der Waals surface area contributed by atoms with Crippen molar-refractivity contribution in [1.82, 2.24) is 14.7 Å². The Hall–Kier alpha value is -0.390. The fourth-order valence-electron chi connectivity index (χ4n) is 3.26. The van der Waals surface area contributed by atoms with Gasteiger partial charge in [0.2, 0.25) is 0 Å². The van der Waals surface area contributed by atoms with Crippen molar-refractivity contribution < 1.29 is 4.74 Å². The molecule has 1 aromatic heterocycles. The number of alkyl halides is 1. The largest absolute Gasteiger partial charge is 0.378 e. The molecule has 1 aliphatic heterocycles. The Morgan fingerprint density at radius 1 is 1.30 bits per heavy atom. The fraction of sp³-hybridized carbons (Fsp3) is 0.800. The second kappa shape index (κ2) is 7.05. The van der Waals surface area contributed by atoms with Gasteiger partial charge < -0.3 is 4.74 Å². The lowest BCUT2D eigenvalue weighted by molar-refractivity contribution is -0.00277. The molecule has 0 aromatic carbocycles. The van der Waals surface area contributed by atoms with Crippen molar-refractivity contribution in [2.75, 3.05) is 25.1 Å². The van der Waals surface area contributed by atoms with Crippen molar-refractivity contribution in [3.8, 4) is 0 Å². The van der Waals surface area contributed by atoms with Crippen LogP contribution in [-0.4, -0.2) is 45.8 Å². The maximum Gasteiger partial charge on any atom is 0.0765 e. The monoisotopic (exact) mass is 341 g/mol. The minimum atomic E-state index is 0.476. The third kappa shape index (κ3) is 3.43. The van der Waals surface area contributed by atoms with E-state index in [1.54, 1.807) is 0 Å². The summed E-state index contributed by atoms with van der Waals surface area (Å²) in [5.41, 5.74) is 1.20. The van der Waals surface area contributed by atoms with Crippen LogP contribution in [-0.2, 0) is 11.3 Å². The minimum Gasteiger partial charge on any atom is -0.378 e. The summed E-state index contributed by atoms with van der Waals surface area (Å²) in [5, 5.41) is 5.78. The average molecular weight is 342 g/mol. The van der Waals surface area contributed by atoms with Crippen molar-refractivity contribution >= 4 is 15.9 Å². The number of hydrogen-bond donors (Lipinski definition) is 0. The van der Waals surface area contributed by atoms with Gasteiger partial charge in [-0.1, -0.05) is 35.2 Å². The Morgan fingerprint density at radius 3 is 2.95 bits per heavy atom. The molecule has 3 rings (SSSR count). The maximum atomic E-state index is 5.54. The summed E-state index contributed by atoms with van der Waals surface area (Å²) in [6.07, 6.45) is 8.87. The molecule has 2 aliphatic rings. The van der Waals surface area contributed by atoms with Crippen LogP contribution in [0.15, 0.2) is 12.3 Å². The summed E-state index contributed by atoms with van der Waals surface area (Å²) in [7, 11) is 0. The molecule has 0 radical (unpaired) electrons. The lowest BCUT2D eigenvalue weighted by Crippen LogP contribution is -2.45. The second-order valence-electron chi connectivity index (χ2n) is 5.93. The highest BCUT2D eigenvalue weighted by Gasteiger charge is 2.23. The van der Waals surface area contributed by atoms with Gasteiger partial charge >= 0.3 is 0 Å². The number of ether oxygens (including phenoxy) is 1. The van der Waals surface area contributed by atoms with E-state index >= 15 is 0 Å². The van der Waals surface area contributed by atoms with Crippen molar-refractivity contribution in [1.29, 1.82) is 0 Å². The molecule has 2 heterocycles. The van der Waals surface area contributed by atoms with Gasteiger partial charge in [0.25, 0.3) is 0 Å². The molecule has 0 spiro atoms. The highest BCUT2D eigenvalue weighted by atomic mass is 79.9. The molecule has 0 bridgehead atoms. The number of aromatic nitrogens is 2. The smallest absolute Gasteiger partial charge is 0.0765 e. The molecular weight excluding hydrogens is 318 g/mol. The molecule has 0 N–H and O–H groups in total. The van der Waals surface area contributed by atoms with Crippen LogP contribution in [0.2, 0.25) is 0 Å². The van der Waals surface area contributed by atoms with Gasteiger partial charge in [-0.05, 0) is 18.9 Å². The molecule has 1 saturated heterocycles. The zero-order valence-electron chi connectivity index (χ0n) is 12.0. The highest BCUT2D eigenvalue weighted by molar-refractivity contribution is 9.09. The normalized spacial score (nSPS) is 25.9. The third-order valence-corrected chi connectivity index (χ3v) is 5.25. The van der Waals surface area contributed by atoms with Crippen LogP contribution < -0.4 is 0 Å². The predicted molar refractivity (Wildman–Crippen MR) is 83.2 cm³/mol. The van der Waals surface area contributed by atoms with Gasteiger partial charge in [-0.3, -0.25) is 9.58 Å². The summed E-state index contributed by atoms with van der Waals surface area (Å²) in [6.45, 7) is 3.62.